The van der Waals surface area contributed by atoms with Gasteiger partial charge in [-0.1, -0.05) is 12.1 Å². The second kappa shape index (κ2) is 7.61. The summed E-state index contributed by atoms with van der Waals surface area (Å²) in [6.07, 6.45) is 3.09. The van der Waals surface area contributed by atoms with Gasteiger partial charge in [-0.15, -0.1) is 0 Å². The third kappa shape index (κ3) is 4.73. The molecule has 0 N–H and O–H groups in total. The summed E-state index contributed by atoms with van der Waals surface area (Å²) in [5.41, 5.74) is 0. The van der Waals surface area contributed by atoms with Crippen LogP contribution in [0.3, 0.4) is 0 Å². The molecular weight excluding hydrogens is 277 g/mol. The fourth-order valence-corrected chi connectivity index (χ4v) is 2.12. The summed E-state index contributed by atoms with van der Waals surface area (Å²) in [6.45, 7) is 0.706. The van der Waals surface area contributed by atoms with E-state index in [1.165, 1.54) is 18.2 Å². The van der Waals surface area contributed by atoms with Crippen LogP contribution in [0.4, 0.5) is 4.39 Å². The first kappa shape index (κ1) is 15.3. The van der Waals surface area contributed by atoms with Crippen LogP contribution in [0.5, 0.6) is 5.75 Å². The Bertz CT molecular complexity index is 500. The van der Waals surface area contributed by atoms with Crippen molar-refractivity contribution in [2.75, 3.05) is 26.3 Å². The summed E-state index contributed by atoms with van der Waals surface area (Å²) < 4.78 is 23.1. The third-order valence-corrected chi connectivity index (χ3v) is 3.25. The highest BCUT2D eigenvalue weighted by molar-refractivity contribution is 5.81. The van der Waals surface area contributed by atoms with Crippen LogP contribution < -0.4 is 4.74 Å². The molecule has 1 aliphatic heterocycles. The van der Waals surface area contributed by atoms with Gasteiger partial charge in [0, 0.05) is 13.1 Å². The van der Waals surface area contributed by atoms with Crippen molar-refractivity contribution in [1.82, 2.24) is 4.90 Å². The van der Waals surface area contributed by atoms with Crippen molar-refractivity contribution in [2.24, 2.45) is 0 Å². The molecule has 1 heterocycles. The number of amides is 1. The van der Waals surface area contributed by atoms with E-state index in [4.69, 9.17) is 9.47 Å². The maximum atomic E-state index is 13.3. The lowest BCUT2D eigenvalue weighted by Crippen LogP contribution is -2.38. The largest absolute Gasteiger partial charge is 0.479 e. The van der Waals surface area contributed by atoms with Crippen LogP contribution in [0.1, 0.15) is 19.3 Å². The van der Waals surface area contributed by atoms with Gasteiger partial charge in [-0.3, -0.25) is 4.79 Å². The number of hydrogen-bond acceptors (Lipinski definition) is 4. The molecule has 1 aromatic rings. The molecule has 0 aromatic heterocycles. The van der Waals surface area contributed by atoms with Gasteiger partial charge in [0.05, 0.1) is 0 Å². The van der Waals surface area contributed by atoms with Crippen LogP contribution >= 0.6 is 0 Å². The van der Waals surface area contributed by atoms with Crippen LogP contribution in [0.2, 0.25) is 0 Å². The Kier molecular flexibility index (Phi) is 5.54. The zero-order valence-corrected chi connectivity index (χ0v) is 11.7. The van der Waals surface area contributed by atoms with Gasteiger partial charge in [0.15, 0.2) is 24.8 Å². The summed E-state index contributed by atoms with van der Waals surface area (Å²) in [5, 5.41) is 0. The molecule has 1 aliphatic rings. The summed E-state index contributed by atoms with van der Waals surface area (Å²) in [5.74, 6) is -1.45. The minimum absolute atomic E-state index is 0.0168. The van der Waals surface area contributed by atoms with Crippen LogP contribution in [0, 0.1) is 5.82 Å². The van der Waals surface area contributed by atoms with Crippen molar-refractivity contribution in [3.63, 3.8) is 0 Å². The zero-order valence-electron chi connectivity index (χ0n) is 11.7. The molecule has 0 radical (unpaired) electrons. The number of carbonyl (C=O) groups excluding carboxylic acids is 2. The van der Waals surface area contributed by atoms with Crippen molar-refractivity contribution in [3.05, 3.63) is 30.1 Å². The van der Waals surface area contributed by atoms with Gasteiger partial charge in [0.2, 0.25) is 0 Å². The lowest BCUT2D eigenvalue weighted by atomic mass is 10.1. The van der Waals surface area contributed by atoms with Crippen molar-refractivity contribution in [3.8, 4) is 5.75 Å². The van der Waals surface area contributed by atoms with E-state index in [9.17, 15) is 14.0 Å². The Morgan fingerprint density at radius 2 is 1.81 bits per heavy atom. The normalized spacial score (nSPS) is 14.6. The Balaban J connectivity index is 1.70. The fourth-order valence-electron chi connectivity index (χ4n) is 2.12. The van der Waals surface area contributed by atoms with E-state index in [0.717, 1.165) is 19.3 Å². The monoisotopic (exact) mass is 295 g/mol. The molecule has 1 saturated heterocycles. The first-order valence-corrected chi connectivity index (χ1v) is 6.97. The highest BCUT2D eigenvalue weighted by atomic mass is 19.1. The van der Waals surface area contributed by atoms with E-state index in [2.05, 4.69) is 0 Å². The second-order valence-electron chi connectivity index (χ2n) is 4.82. The number of likely N-dealkylation sites (tertiary alicyclic amines) is 1. The van der Waals surface area contributed by atoms with Crippen LogP contribution in [-0.4, -0.2) is 43.1 Å². The van der Waals surface area contributed by atoms with E-state index in [-0.39, 0.29) is 18.3 Å². The van der Waals surface area contributed by atoms with E-state index in [1.807, 2.05) is 0 Å². The maximum Gasteiger partial charge on any atom is 0.344 e. The maximum absolute atomic E-state index is 13.3. The van der Waals surface area contributed by atoms with E-state index in [1.54, 1.807) is 11.0 Å². The average Bonchev–Trinajstić information content (AvgIpc) is 2.52. The number of ether oxygens (including phenoxy) is 2. The number of rotatable bonds is 5. The molecule has 2 rings (SSSR count). The number of para-hydroxylation sites is 1. The zero-order chi connectivity index (χ0) is 15.1. The van der Waals surface area contributed by atoms with E-state index in [0.29, 0.717) is 13.1 Å². The van der Waals surface area contributed by atoms with Gasteiger partial charge in [-0.05, 0) is 31.4 Å². The first-order valence-electron chi connectivity index (χ1n) is 6.97. The minimum Gasteiger partial charge on any atom is -0.479 e. The van der Waals surface area contributed by atoms with E-state index < -0.39 is 18.4 Å². The van der Waals surface area contributed by atoms with Crippen molar-refractivity contribution < 1.29 is 23.5 Å². The summed E-state index contributed by atoms with van der Waals surface area (Å²) >= 11 is 0. The number of hydrogen-bond donors (Lipinski definition) is 0. The number of esters is 1. The molecule has 1 fully saturated rings. The Morgan fingerprint density at radius 3 is 2.52 bits per heavy atom. The third-order valence-electron chi connectivity index (χ3n) is 3.25. The van der Waals surface area contributed by atoms with Crippen molar-refractivity contribution in [1.29, 1.82) is 0 Å². The molecule has 0 atom stereocenters. The van der Waals surface area contributed by atoms with Crippen molar-refractivity contribution in [2.45, 2.75) is 19.3 Å². The number of nitrogens with zero attached hydrogens (tertiary/aromatic N) is 1. The number of carbonyl (C=O) groups is 2. The molecule has 0 spiro atoms. The number of benzene rings is 1. The molecule has 0 aliphatic carbocycles. The van der Waals surface area contributed by atoms with E-state index >= 15 is 0 Å². The number of piperidine rings is 1. The van der Waals surface area contributed by atoms with Gasteiger partial charge in [-0.2, -0.15) is 0 Å². The molecule has 21 heavy (non-hydrogen) atoms. The molecule has 0 bridgehead atoms. The quantitative estimate of drug-likeness (QED) is 0.777. The Morgan fingerprint density at radius 1 is 1.10 bits per heavy atom. The van der Waals surface area contributed by atoms with Gasteiger partial charge < -0.3 is 14.4 Å². The fraction of sp³-hybridized carbons (Fsp3) is 0.467. The van der Waals surface area contributed by atoms with Gasteiger partial charge >= 0.3 is 5.97 Å². The predicted octanol–water partition coefficient (Wildman–Crippen LogP) is 1.76. The molecule has 0 unspecified atom stereocenters. The topological polar surface area (TPSA) is 55.8 Å². The summed E-state index contributed by atoms with van der Waals surface area (Å²) in [7, 11) is 0. The lowest BCUT2D eigenvalue weighted by Gasteiger charge is -2.26. The van der Waals surface area contributed by atoms with Crippen LogP contribution in [0.25, 0.3) is 0 Å². The lowest BCUT2D eigenvalue weighted by molar-refractivity contribution is -0.154. The Hall–Kier alpha value is -2.11. The SMILES string of the molecule is O=C(COc1ccccc1F)OCC(=O)N1CCCCC1. The molecule has 1 amide bonds. The molecule has 6 heteroatoms. The molecule has 0 saturated carbocycles. The summed E-state index contributed by atoms with van der Waals surface area (Å²) in [6, 6.07) is 5.78. The van der Waals surface area contributed by atoms with Gasteiger partial charge in [0.1, 0.15) is 0 Å². The molecule has 5 nitrogen and oxygen atoms in total. The molecular formula is C15H18FNO4. The minimum atomic E-state index is -0.691. The first-order chi connectivity index (χ1) is 10.2. The summed E-state index contributed by atoms with van der Waals surface area (Å²) in [4.78, 5) is 24.9. The number of halogens is 1. The van der Waals surface area contributed by atoms with Crippen LogP contribution in [0.15, 0.2) is 24.3 Å². The second-order valence-corrected chi connectivity index (χ2v) is 4.82. The molecule has 1 aromatic carbocycles. The highest BCUT2D eigenvalue weighted by Gasteiger charge is 2.18. The highest BCUT2D eigenvalue weighted by Crippen LogP contribution is 2.15. The van der Waals surface area contributed by atoms with Gasteiger partial charge in [-0.25, -0.2) is 9.18 Å². The smallest absolute Gasteiger partial charge is 0.344 e. The average molecular weight is 295 g/mol. The Labute approximate surface area is 122 Å². The predicted molar refractivity (Wildman–Crippen MR) is 73.3 cm³/mol. The van der Waals surface area contributed by atoms with Gasteiger partial charge in [0.25, 0.3) is 5.91 Å². The standard InChI is InChI=1S/C15H18FNO4/c16-12-6-2-3-7-13(12)20-11-15(19)21-10-14(18)17-8-4-1-5-9-17/h2-3,6-7H,1,4-5,8-11H2. The molecule has 114 valence electrons. The van der Waals surface area contributed by atoms with Crippen molar-refractivity contribution >= 4 is 11.9 Å². The van der Waals surface area contributed by atoms with Crippen LogP contribution in [-0.2, 0) is 14.3 Å².